The molecule has 0 unspecified atom stereocenters. The van der Waals surface area contributed by atoms with Gasteiger partial charge in [-0.1, -0.05) is 188 Å². The number of fused-ring (bicyclic) bond motifs is 7. The zero-order chi connectivity index (χ0) is 39.6. The Morgan fingerprint density at radius 1 is 0.350 bits per heavy atom. The van der Waals surface area contributed by atoms with Crippen LogP contribution in [0.1, 0.15) is 22.3 Å². The smallest absolute Gasteiger partial charge is 0.160 e. The number of aromatic nitrogens is 2. The number of rotatable bonds is 6. The van der Waals surface area contributed by atoms with Crippen LogP contribution in [0.3, 0.4) is 0 Å². The van der Waals surface area contributed by atoms with Crippen molar-refractivity contribution in [2.24, 2.45) is 0 Å². The molecule has 2 heterocycles. The van der Waals surface area contributed by atoms with Gasteiger partial charge in [-0.25, -0.2) is 9.97 Å². The largest absolute Gasteiger partial charge is 0.456 e. The fraction of sp³-hybridized carbons (Fsp3) is 0.0175. The van der Waals surface area contributed by atoms with Crippen molar-refractivity contribution in [3.63, 3.8) is 0 Å². The van der Waals surface area contributed by atoms with Gasteiger partial charge in [-0.3, -0.25) is 0 Å². The third kappa shape index (κ3) is 5.30. The fourth-order valence-corrected chi connectivity index (χ4v) is 9.64. The molecule has 0 fully saturated rings. The van der Waals surface area contributed by atoms with Crippen LogP contribution in [0.25, 0.3) is 88.9 Å². The molecule has 0 aliphatic heterocycles. The van der Waals surface area contributed by atoms with E-state index >= 15 is 0 Å². The Morgan fingerprint density at radius 2 is 0.933 bits per heavy atom. The quantitative estimate of drug-likeness (QED) is 0.169. The zero-order valence-electron chi connectivity index (χ0n) is 32.6. The average Bonchev–Trinajstić information content (AvgIpc) is 3.86. The van der Waals surface area contributed by atoms with Gasteiger partial charge in [0.05, 0.1) is 16.8 Å². The minimum Gasteiger partial charge on any atom is -0.456 e. The lowest BCUT2D eigenvalue weighted by Crippen LogP contribution is -2.28. The second kappa shape index (κ2) is 13.6. The lowest BCUT2D eigenvalue weighted by Gasteiger charge is -2.34. The highest BCUT2D eigenvalue weighted by Crippen LogP contribution is 2.56. The van der Waals surface area contributed by atoms with Crippen LogP contribution in [0.4, 0.5) is 0 Å². The number of para-hydroxylation sites is 1. The van der Waals surface area contributed by atoms with E-state index in [0.29, 0.717) is 5.82 Å². The van der Waals surface area contributed by atoms with E-state index in [4.69, 9.17) is 14.4 Å². The third-order valence-electron chi connectivity index (χ3n) is 12.4. The van der Waals surface area contributed by atoms with Crippen molar-refractivity contribution < 1.29 is 4.42 Å². The van der Waals surface area contributed by atoms with Crippen LogP contribution in [0, 0.1) is 0 Å². The molecule has 3 heteroatoms. The van der Waals surface area contributed by atoms with Crippen LogP contribution in [-0.4, -0.2) is 9.97 Å². The number of hydrogen-bond acceptors (Lipinski definition) is 3. The van der Waals surface area contributed by atoms with Gasteiger partial charge < -0.3 is 4.42 Å². The predicted octanol–water partition coefficient (Wildman–Crippen LogP) is 14.6. The van der Waals surface area contributed by atoms with E-state index in [9.17, 15) is 0 Å². The minimum absolute atomic E-state index is 0.513. The maximum absolute atomic E-state index is 6.24. The Hall–Kier alpha value is -7.88. The summed E-state index contributed by atoms with van der Waals surface area (Å²) in [6.45, 7) is 0. The molecule has 2 aromatic heterocycles. The van der Waals surface area contributed by atoms with Gasteiger partial charge in [-0.15, -0.1) is 0 Å². The second-order valence-corrected chi connectivity index (χ2v) is 15.7. The van der Waals surface area contributed by atoms with Gasteiger partial charge in [-0.2, -0.15) is 0 Å². The first-order chi connectivity index (χ1) is 29.7. The molecule has 1 aliphatic rings. The summed E-state index contributed by atoms with van der Waals surface area (Å²) in [5.74, 6) is 0.688. The molecule has 60 heavy (non-hydrogen) atoms. The normalized spacial score (nSPS) is 12.8. The van der Waals surface area contributed by atoms with Crippen molar-refractivity contribution in [3.8, 4) is 56.2 Å². The van der Waals surface area contributed by atoms with E-state index in [-0.39, 0.29) is 0 Å². The van der Waals surface area contributed by atoms with Crippen molar-refractivity contribution >= 4 is 32.7 Å². The van der Waals surface area contributed by atoms with Gasteiger partial charge in [-0.05, 0) is 85.6 Å². The first-order valence-corrected chi connectivity index (χ1v) is 20.5. The molecule has 0 saturated carbocycles. The summed E-state index contributed by atoms with van der Waals surface area (Å²) < 4.78 is 6.24. The minimum atomic E-state index is -0.513. The monoisotopic (exact) mass is 764 g/mol. The first kappa shape index (κ1) is 34.2. The highest BCUT2D eigenvalue weighted by atomic mass is 16.3. The van der Waals surface area contributed by atoms with E-state index in [1.807, 2.05) is 18.2 Å². The standard InChI is InChI=1S/C57H36N2O/c1-3-16-43(17-4-1)57(44-18-5-2-6-19-44)49-23-11-9-20-46(49)47-33-32-41(35-50(47)57)52-36-51(58-56(59-52)42-31-26-37-14-7-8-15-40(37)34-42)39-29-27-38(28-30-39)45-22-13-25-54-55(45)48-21-10-12-24-53(48)60-54/h1-36H. The van der Waals surface area contributed by atoms with Crippen LogP contribution >= 0.6 is 0 Å². The van der Waals surface area contributed by atoms with Crippen LogP contribution in [0.2, 0.25) is 0 Å². The molecule has 0 radical (unpaired) electrons. The van der Waals surface area contributed by atoms with Crippen LogP contribution in [-0.2, 0) is 5.41 Å². The Labute approximate surface area is 347 Å². The van der Waals surface area contributed by atoms with E-state index in [0.717, 1.165) is 66.5 Å². The van der Waals surface area contributed by atoms with Crippen molar-refractivity contribution in [3.05, 3.63) is 241 Å². The molecule has 9 aromatic carbocycles. The lowest BCUT2D eigenvalue weighted by atomic mass is 9.67. The Balaban J connectivity index is 1.05. The second-order valence-electron chi connectivity index (χ2n) is 15.7. The molecule has 0 amide bonds. The van der Waals surface area contributed by atoms with E-state index in [2.05, 4.69) is 200 Å². The molecule has 0 saturated heterocycles. The number of nitrogens with zero attached hydrogens (tertiary/aromatic N) is 2. The molecule has 3 nitrogen and oxygen atoms in total. The summed E-state index contributed by atoms with van der Waals surface area (Å²) in [6, 6.07) is 78.1. The summed E-state index contributed by atoms with van der Waals surface area (Å²) in [4.78, 5) is 10.7. The Kier molecular flexibility index (Phi) is 7.76. The average molecular weight is 765 g/mol. The summed E-state index contributed by atoms with van der Waals surface area (Å²) in [5.41, 5.74) is 15.8. The maximum Gasteiger partial charge on any atom is 0.160 e. The van der Waals surface area contributed by atoms with E-state index in [1.165, 1.54) is 38.8 Å². The summed E-state index contributed by atoms with van der Waals surface area (Å²) in [7, 11) is 0. The van der Waals surface area contributed by atoms with Gasteiger partial charge in [0.2, 0.25) is 0 Å². The summed E-state index contributed by atoms with van der Waals surface area (Å²) >= 11 is 0. The van der Waals surface area contributed by atoms with Crippen molar-refractivity contribution in [1.29, 1.82) is 0 Å². The van der Waals surface area contributed by atoms with Gasteiger partial charge in [0.25, 0.3) is 0 Å². The van der Waals surface area contributed by atoms with Crippen LogP contribution in [0.5, 0.6) is 0 Å². The van der Waals surface area contributed by atoms with Crippen LogP contribution in [0.15, 0.2) is 223 Å². The van der Waals surface area contributed by atoms with Gasteiger partial charge in [0.1, 0.15) is 11.2 Å². The van der Waals surface area contributed by atoms with Crippen molar-refractivity contribution in [1.82, 2.24) is 9.97 Å². The van der Waals surface area contributed by atoms with Crippen molar-refractivity contribution in [2.45, 2.75) is 5.41 Å². The predicted molar refractivity (Wildman–Crippen MR) is 246 cm³/mol. The molecular formula is C57H36N2O. The highest BCUT2D eigenvalue weighted by Gasteiger charge is 2.46. The number of hydrogen-bond donors (Lipinski definition) is 0. The maximum atomic E-state index is 6.24. The molecule has 0 N–H and O–H groups in total. The number of benzene rings is 9. The molecule has 0 atom stereocenters. The Morgan fingerprint density at radius 3 is 1.73 bits per heavy atom. The van der Waals surface area contributed by atoms with Gasteiger partial charge in [0, 0.05) is 27.5 Å². The summed E-state index contributed by atoms with van der Waals surface area (Å²) in [6.07, 6.45) is 0. The Bertz CT molecular complexity index is 3380. The fourth-order valence-electron chi connectivity index (χ4n) is 9.64. The van der Waals surface area contributed by atoms with Gasteiger partial charge >= 0.3 is 0 Å². The van der Waals surface area contributed by atoms with Crippen molar-refractivity contribution in [2.75, 3.05) is 0 Å². The molecular weight excluding hydrogens is 729 g/mol. The van der Waals surface area contributed by atoms with Crippen LogP contribution < -0.4 is 0 Å². The molecule has 1 aliphatic carbocycles. The first-order valence-electron chi connectivity index (χ1n) is 20.5. The van der Waals surface area contributed by atoms with E-state index in [1.54, 1.807) is 0 Å². The lowest BCUT2D eigenvalue weighted by molar-refractivity contribution is 0.669. The molecule has 0 spiro atoms. The summed E-state index contributed by atoms with van der Waals surface area (Å²) in [5, 5.41) is 4.59. The SMILES string of the molecule is c1ccc(C2(c3ccccc3)c3ccccc3-c3ccc(-c4cc(-c5ccc(-c6cccc7oc8ccccc8c67)cc5)nc(-c5ccc6ccccc6c5)n4)cc32)cc1. The van der Waals surface area contributed by atoms with E-state index < -0.39 is 5.41 Å². The molecule has 280 valence electrons. The molecule has 11 aromatic rings. The topological polar surface area (TPSA) is 38.9 Å². The molecule has 0 bridgehead atoms. The number of furan rings is 1. The van der Waals surface area contributed by atoms with Gasteiger partial charge in [0.15, 0.2) is 5.82 Å². The highest BCUT2D eigenvalue weighted by molar-refractivity contribution is 6.12. The zero-order valence-corrected chi connectivity index (χ0v) is 32.6. The molecule has 12 rings (SSSR count). The third-order valence-corrected chi connectivity index (χ3v) is 12.4.